The van der Waals surface area contributed by atoms with Crippen LogP contribution in [0, 0.1) is 6.92 Å². The van der Waals surface area contributed by atoms with Crippen molar-refractivity contribution in [3.05, 3.63) is 23.2 Å². The Balaban J connectivity index is 0.000000640. The molecule has 1 heterocycles. The molecular formula is C6H9ClN2. The molecule has 0 radical (unpaired) electrons. The Morgan fingerprint density at radius 2 is 2.11 bits per heavy atom. The molecular weight excluding hydrogens is 136 g/mol. The minimum absolute atomic E-state index is 0. The summed E-state index contributed by atoms with van der Waals surface area (Å²) in [5.41, 5.74) is 0.894. The molecule has 0 aromatic carbocycles. The van der Waals surface area contributed by atoms with E-state index in [0.29, 0.717) is 5.15 Å². The first-order valence-corrected chi connectivity index (χ1v) is 2.61. The zero-order valence-corrected chi connectivity index (χ0v) is 5.18. The molecule has 0 atom stereocenters. The van der Waals surface area contributed by atoms with Crippen LogP contribution in [0.4, 0.5) is 0 Å². The highest BCUT2D eigenvalue weighted by molar-refractivity contribution is 6.29. The summed E-state index contributed by atoms with van der Waals surface area (Å²) in [6.07, 6.45) is 1.44. The predicted octanol–water partition coefficient (Wildman–Crippen LogP) is 2.07. The minimum Gasteiger partial charge on any atom is -0.242 e. The number of rotatable bonds is 0. The van der Waals surface area contributed by atoms with Crippen molar-refractivity contribution in [2.75, 3.05) is 0 Å². The third-order valence-corrected chi connectivity index (χ3v) is 0.977. The minimum atomic E-state index is 0. The van der Waals surface area contributed by atoms with Crippen LogP contribution in [0.1, 0.15) is 13.1 Å². The lowest BCUT2D eigenvalue weighted by Gasteiger charge is -1.87. The van der Waals surface area contributed by atoms with Crippen LogP contribution in [0.3, 0.4) is 0 Å². The average Bonchev–Trinajstić information content (AvgIpc) is 1.64. The van der Waals surface area contributed by atoms with Gasteiger partial charge in [-0.2, -0.15) is 0 Å². The van der Waals surface area contributed by atoms with Gasteiger partial charge in [-0.15, -0.1) is 0 Å². The molecule has 1 aromatic heterocycles. The molecule has 0 unspecified atom stereocenters. The average molecular weight is 145 g/mol. The van der Waals surface area contributed by atoms with Crippen molar-refractivity contribution >= 4 is 11.6 Å². The van der Waals surface area contributed by atoms with Crippen LogP contribution in [0.15, 0.2) is 12.4 Å². The SMILES string of the molecule is C.Cc1cc(Cl)ncn1. The van der Waals surface area contributed by atoms with E-state index < -0.39 is 0 Å². The molecule has 9 heavy (non-hydrogen) atoms. The molecule has 0 bridgehead atoms. The number of nitrogens with zero attached hydrogens (tertiary/aromatic N) is 2. The van der Waals surface area contributed by atoms with E-state index in [2.05, 4.69) is 9.97 Å². The molecule has 0 aliphatic heterocycles. The van der Waals surface area contributed by atoms with Gasteiger partial charge in [0, 0.05) is 5.69 Å². The lowest BCUT2D eigenvalue weighted by molar-refractivity contribution is 1.10. The summed E-state index contributed by atoms with van der Waals surface area (Å²) in [4.78, 5) is 7.54. The molecule has 1 rings (SSSR count). The third kappa shape index (κ3) is 2.42. The molecule has 0 saturated carbocycles. The van der Waals surface area contributed by atoms with E-state index in [1.807, 2.05) is 6.92 Å². The number of aromatic nitrogens is 2. The molecule has 50 valence electrons. The van der Waals surface area contributed by atoms with Gasteiger partial charge in [-0.05, 0) is 13.0 Å². The fourth-order valence-electron chi connectivity index (χ4n) is 0.422. The molecule has 0 spiro atoms. The zero-order valence-electron chi connectivity index (χ0n) is 4.43. The van der Waals surface area contributed by atoms with Gasteiger partial charge in [0.25, 0.3) is 0 Å². The quantitative estimate of drug-likeness (QED) is 0.521. The highest BCUT2D eigenvalue weighted by Gasteiger charge is 1.85. The third-order valence-electron chi connectivity index (χ3n) is 0.770. The summed E-state index contributed by atoms with van der Waals surface area (Å²) in [7, 11) is 0. The Labute approximate surface area is 59.9 Å². The highest BCUT2D eigenvalue weighted by Crippen LogP contribution is 2.01. The molecule has 0 amide bonds. The van der Waals surface area contributed by atoms with Crippen molar-refractivity contribution in [3.8, 4) is 0 Å². The summed E-state index contributed by atoms with van der Waals surface area (Å²) in [5, 5.41) is 0.498. The lowest BCUT2D eigenvalue weighted by atomic mass is 10.5. The Morgan fingerprint density at radius 3 is 2.44 bits per heavy atom. The van der Waals surface area contributed by atoms with Crippen molar-refractivity contribution in [3.63, 3.8) is 0 Å². The van der Waals surface area contributed by atoms with Crippen LogP contribution in [0.5, 0.6) is 0 Å². The second kappa shape index (κ2) is 3.41. The van der Waals surface area contributed by atoms with Crippen molar-refractivity contribution in [1.82, 2.24) is 9.97 Å². The molecule has 0 fully saturated rings. The van der Waals surface area contributed by atoms with Crippen LogP contribution in [-0.2, 0) is 0 Å². The normalized spacial score (nSPS) is 8.22. The highest BCUT2D eigenvalue weighted by atomic mass is 35.5. The lowest BCUT2D eigenvalue weighted by Crippen LogP contribution is -1.80. The van der Waals surface area contributed by atoms with E-state index >= 15 is 0 Å². The van der Waals surface area contributed by atoms with Crippen LogP contribution < -0.4 is 0 Å². The molecule has 1 aromatic rings. The van der Waals surface area contributed by atoms with E-state index in [9.17, 15) is 0 Å². The van der Waals surface area contributed by atoms with E-state index in [1.54, 1.807) is 6.07 Å². The first-order chi connectivity index (χ1) is 3.79. The molecule has 0 N–H and O–H groups in total. The maximum atomic E-state index is 5.49. The molecule has 3 heteroatoms. The maximum absolute atomic E-state index is 5.49. The van der Waals surface area contributed by atoms with Gasteiger partial charge in [-0.1, -0.05) is 19.0 Å². The van der Waals surface area contributed by atoms with Gasteiger partial charge >= 0.3 is 0 Å². The molecule has 0 aliphatic rings. The van der Waals surface area contributed by atoms with E-state index in [1.165, 1.54) is 6.33 Å². The summed E-state index contributed by atoms with van der Waals surface area (Å²) >= 11 is 5.49. The summed E-state index contributed by atoms with van der Waals surface area (Å²) in [6, 6.07) is 1.71. The van der Waals surface area contributed by atoms with Gasteiger partial charge in [0.1, 0.15) is 11.5 Å². The molecule has 0 saturated heterocycles. The van der Waals surface area contributed by atoms with Gasteiger partial charge in [-0.3, -0.25) is 0 Å². The van der Waals surface area contributed by atoms with E-state index in [0.717, 1.165) is 5.69 Å². The first kappa shape index (κ1) is 8.37. The Hall–Kier alpha value is -0.630. The standard InChI is InChI=1S/C5H5ClN2.CH4/c1-4-2-5(6)8-3-7-4;/h2-3H,1H3;1H4. The fraction of sp³-hybridized carbons (Fsp3) is 0.333. The number of hydrogen-bond acceptors (Lipinski definition) is 2. The van der Waals surface area contributed by atoms with E-state index in [4.69, 9.17) is 11.6 Å². The van der Waals surface area contributed by atoms with Crippen LogP contribution in [-0.4, -0.2) is 9.97 Å². The van der Waals surface area contributed by atoms with Crippen LogP contribution in [0.25, 0.3) is 0 Å². The summed E-state index contributed by atoms with van der Waals surface area (Å²) < 4.78 is 0. The Morgan fingerprint density at radius 1 is 1.44 bits per heavy atom. The van der Waals surface area contributed by atoms with Crippen molar-refractivity contribution < 1.29 is 0 Å². The predicted molar refractivity (Wildman–Crippen MR) is 38.5 cm³/mol. The zero-order chi connectivity index (χ0) is 5.98. The Kier molecular flexibility index (Phi) is 3.17. The van der Waals surface area contributed by atoms with Crippen LogP contribution in [0.2, 0.25) is 5.15 Å². The van der Waals surface area contributed by atoms with Gasteiger partial charge < -0.3 is 0 Å². The topological polar surface area (TPSA) is 25.8 Å². The second-order valence-electron chi connectivity index (χ2n) is 1.48. The first-order valence-electron chi connectivity index (χ1n) is 2.23. The van der Waals surface area contributed by atoms with Gasteiger partial charge in [-0.25, -0.2) is 9.97 Å². The van der Waals surface area contributed by atoms with Gasteiger partial charge in [0.15, 0.2) is 0 Å². The van der Waals surface area contributed by atoms with Crippen molar-refractivity contribution in [2.45, 2.75) is 14.4 Å². The largest absolute Gasteiger partial charge is 0.242 e. The molecule has 0 aliphatic carbocycles. The number of halogens is 1. The Bertz CT molecular complexity index is 171. The number of aryl methyl sites for hydroxylation is 1. The second-order valence-corrected chi connectivity index (χ2v) is 1.87. The maximum Gasteiger partial charge on any atom is 0.132 e. The number of hydrogen-bond donors (Lipinski definition) is 0. The monoisotopic (exact) mass is 144 g/mol. The van der Waals surface area contributed by atoms with Gasteiger partial charge in [0.05, 0.1) is 0 Å². The fourth-order valence-corrected chi connectivity index (χ4v) is 0.624. The summed E-state index contributed by atoms with van der Waals surface area (Å²) in [5.74, 6) is 0. The summed E-state index contributed by atoms with van der Waals surface area (Å²) in [6.45, 7) is 1.87. The van der Waals surface area contributed by atoms with Crippen LogP contribution >= 0.6 is 11.6 Å². The van der Waals surface area contributed by atoms with Crippen molar-refractivity contribution in [2.24, 2.45) is 0 Å². The van der Waals surface area contributed by atoms with Crippen molar-refractivity contribution in [1.29, 1.82) is 0 Å². The smallest absolute Gasteiger partial charge is 0.132 e. The molecule has 2 nitrogen and oxygen atoms in total. The van der Waals surface area contributed by atoms with Gasteiger partial charge in [0.2, 0.25) is 0 Å². The van der Waals surface area contributed by atoms with E-state index in [-0.39, 0.29) is 7.43 Å².